The Labute approximate surface area is 258 Å². The number of anilines is 1. The molecule has 0 spiro atoms. The van der Waals surface area contributed by atoms with Gasteiger partial charge in [0.2, 0.25) is 12.7 Å². The van der Waals surface area contributed by atoms with Crippen molar-refractivity contribution in [3.8, 4) is 11.6 Å². The zero-order valence-corrected chi connectivity index (χ0v) is 26.2. The first-order chi connectivity index (χ1) is 20.3. The molecule has 1 aliphatic heterocycles. The van der Waals surface area contributed by atoms with E-state index in [0.717, 1.165) is 74.3 Å². The standard InChI is InChI=1S/C32H41Cl2N3O5/c1-23(2)19-24(3)21-40-32(38)42-22-41-30-12-10-25-9-11-26(20-28(25)35-30)39-18-5-4-13-36-14-16-37(17-15-36)29-8-6-7-27(33)31(29)34/h6-12,20,23-24H,4-5,13-19,21-22H2,1-3H3. The van der Waals surface area contributed by atoms with Gasteiger partial charge in [0.15, 0.2) is 0 Å². The molecule has 228 valence electrons. The van der Waals surface area contributed by atoms with Crippen molar-refractivity contribution in [1.82, 2.24) is 9.88 Å². The van der Waals surface area contributed by atoms with E-state index in [0.29, 0.717) is 35.1 Å². The number of carbonyl (C=O) groups excluding carboxylic acids is 1. The van der Waals surface area contributed by atoms with Crippen LogP contribution in [0.5, 0.6) is 11.6 Å². The number of fused-ring (bicyclic) bond motifs is 1. The van der Waals surface area contributed by atoms with E-state index in [1.54, 1.807) is 6.07 Å². The number of ether oxygens (including phenoxy) is 4. The number of hydrogen-bond acceptors (Lipinski definition) is 8. The van der Waals surface area contributed by atoms with E-state index >= 15 is 0 Å². The van der Waals surface area contributed by atoms with E-state index in [1.807, 2.05) is 49.4 Å². The zero-order chi connectivity index (χ0) is 29.9. The van der Waals surface area contributed by atoms with Crippen molar-refractivity contribution >= 4 is 45.9 Å². The van der Waals surface area contributed by atoms with Crippen LogP contribution >= 0.6 is 23.2 Å². The van der Waals surface area contributed by atoms with E-state index in [1.165, 1.54) is 0 Å². The Kier molecular flexibility index (Phi) is 12.2. The van der Waals surface area contributed by atoms with Crippen LogP contribution in [-0.2, 0) is 9.47 Å². The van der Waals surface area contributed by atoms with Crippen LogP contribution in [0.4, 0.5) is 10.5 Å². The first-order valence-electron chi connectivity index (χ1n) is 14.7. The lowest BCUT2D eigenvalue weighted by molar-refractivity contribution is -0.00287. The number of carbonyl (C=O) groups is 1. The Morgan fingerprint density at radius 1 is 0.952 bits per heavy atom. The summed E-state index contributed by atoms with van der Waals surface area (Å²) in [5.74, 6) is 1.94. The first kappa shape index (κ1) is 32.0. The van der Waals surface area contributed by atoms with Crippen molar-refractivity contribution in [2.75, 3.05) is 57.6 Å². The van der Waals surface area contributed by atoms with Gasteiger partial charge < -0.3 is 23.8 Å². The van der Waals surface area contributed by atoms with Crippen LogP contribution in [0.3, 0.4) is 0 Å². The van der Waals surface area contributed by atoms with Gasteiger partial charge in [0.05, 0.1) is 34.5 Å². The lowest BCUT2D eigenvalue weighted by Gasteiger charge is -2.36. The van der Waals surface area contributed by atoms with Crippen molar-refractivity contribution in [2.45, 2.75) is 40.0 Å². The van der Waals surface area contributed by atoms with Gasteiger partial charge in [-0.3, -0.25) is 4.90 Å². The number of piperazine rings is 1. The summed E-state index contributed by atoms with van der Waals surface area (Å²) in [5.41, 5.74) is 1.75. The summed E-state index contributed by atoms with van der Waals surface area (Å²) in [6.07, 6.45) is 2.25. The minimum atomic E-state index is -0.744. The summed E-state index contributed by atoms with van der Waals surface area (Å²) < 4.78 is 21.7. The molecule has 10 heteroatoms. The van der Waals surface area contributed by atoms with Crippen LogP contribution in [-0.4, -0.2) is 68.8 Å². The SMILES string of the molecule is CC(C)CC(C)COC(=O)OCOc1ccc2ccc(OCCCCN3CCN(c4cccc(Cl)c4Cl)CC3)cc2n1. The predicted molar refractivity (Wildman–Crippen MR) is 168 cm³/mol. The molecule has 4 rings (SSSR count). The number of nitrogens with zero attached hydrogens (tertiary/aromatic N) is 3. The highest BCUT2D eigenvalue weighted by Crippen LogP contribution is 2.33. The fourth-order valence-electron chi connectivity index (χ4n) is 5.09. The Morgan fingerprint density at radius 3 is 2.52 bits per heavy atom. The average Bonchev–Trinajstić information content (AvgIpc) is 2.97. The summed E-state index contributed by atoms with van der Waals surface area (Å²) in [6, 6.07) is 15.3. The number of unbranched alkanes of at least 4 members (excludes halogenated alkanes) is 1. The Balaban J connectivity index is 1.13. The molecule has 0 N–H and O–H groups in total. The van der Waals surface area contributed by atoms with E-state index in [2.05, 4.69) is 28.6 Å². The van der Waals surface area contributed by atoms with Crippen molar-refractivity contribution in [2.24, 2.45) is 11.8 Å². The zero-order valence-electron chi connectivity index (χ0n) is 24.7. The van der Waals surface area contributed by atoms with Gasteiger partial charge in [-0.05, 0) is 68.0 Å². The lowest BCUT2D eigenvalue weighted by Crippen LogP contribution is -2.46. The third kappa shape index (κ3) is 9.82. The van der Waals surface area contributed by atoms with Crippen molar-refractivity contribution in [3.63, 3.8) is 0 Å². The highest BCUT2D eigenvalue weighted by molar-refractivity contribution is 6.43. The molecule has 0 radical (unpaired) electrons. The van der Waals surface area contributed by atoms with Crippen LogP contribution in [0.1, 0.15) is 40.0 Å². The summed E-state index contributed by atoms with van der Waals surface area (Å²) >= 11 is 12.6. The van der Waals surface area contributed by atoms with E-state index in [-0.39, 0.29) is 12.7 Å². The Bertz CT molecular complexity index is 1300. The van der Waals surface area contributed by atoms with Gasteiger partial charge >= 0.3 is 6.16 Å². The molecule has 0 bridgehead atoms. The lowest BCUT2D eigenvalue weighted by atomic mass is 10.00. The summed E-state index contributed by atoms with van der Waals surface area (Å²) in [4.78, 5) is 21.1. The molecule has 0 amide bonds. The van der Waals surface area contributed by atoms with Gasteiger partial charge in [-0.15, -0.1) is 0 Å². The molecule has 42 heavy (non-hydrogen) atoms. The van der Waals surface area contributed by atoms with Crippen LogP contribution in [0.15, 0.2) is 48.5 Å². The Morgan fingerprint density at radius 2 is 1.74 bits per heavy atom. The molecule has 2 aromatic carbocycles. The van der Waals surface area contributed by atoms with Gasteiger partial charge in [0, 0.05) is 43.7 Å². The van der Waals surface area contributed by atoms with Crippen LogP contribution in [0.2, 0.25) is 10.0 Å². The number of halogens is 2. The molecule has 1 saturated heterocycles. The quantitative estimate of drug-likeness (QED) is 0.103. The van der Waals surface area contributed by atoms with Crippen LogP contribution in [0.25, 0.3) is 10.9 Å². The molecular formula is C32H41Cl2N3O5. The Hall–Kier alpha value is -2.94. The minimum Gasteiger partial charge on any atom is -0.494 e. The maximum atomic E-state index is 11.8. The molecule has 2 heterocycles. The summed E-state index contributed by atoms with van der Waals surface area (Å²) in [7, 11) is 0. The maximum Gasteiger partial charge on any atom is 0.511 e. The van der Waals surface area contributed by atoms with Gasteiger partial charge in [0.25, 0.3) is 0 Å². The van der Waals surface area contributed by atoms with Crippen LogP contribution in [0, 0.1) is 11.8 Å². The number of pyridine rings is 1. The molecule has 1 aromatic heterocycles. The van der Waals surface area contributed by atoms with E-state index in [4.69, 9.17) is 42.1 Å². The summed E-state index contributed by atoms with van der Waals surface area (Å²) in [6.45, 7) is 11.9. The van der Waals surface area contributed by atoms with Crippen LogP contribution < -0.4 is 14.4 Å². The monoisotopic (exact) mass is 617 g/mol. The normalized spacial score (nSPS) is 14.7. The smallest absolute Gasteiger partial charge is 0.494 e. The first-order valence-corrected chi connectivity index (χ1v) is 15.4. The fourth-order valence-corrected chi connectivity index (χ4v) is 5.50. The molecule has 1 fully saturated rings. The minimum absolute atomic E-state index is 0.268. The van der Waals surface area contributed by atoms with E-state index in [9.17, 15) is 4.79 Å². The second-order valence-electron chi connectivity index (χ2n) is 11.2. The largest absolute Gasteiger partial charge is 0.511 e. The fraction of sp³-hybridized carbons (Fsp3) is 0.500. The average molecular weight is 619 g/mol. The maximum absolute atomic E-state index is 11.8. The van der Waals surface area contributed by atoms with Crippen molar-refractivity contribution in [3.05, 3.63) is 58.6 Å². The van der Waals surface area contributed by atoms with Crippen molar-refractivity contribution in [1.29, 1.82) is 0 Å². The number of hydrogen-bond donors (Lipinski definition) is 0. The number of rotatable bonds is 14. The molecule has 0 saturated carbocycles. The third-order valence-corrected chi connectivity index (χ3v) is 7.97. The van der Waals surface area contributed by atoms with Gasteiger partial charge in [-0.2, -0.15) is 0 Å². The molecule has 1 unspecified atom stereocenters. The molecule has 8 nitrogen and oxygen atoms in total. The third-order valence-electron chi connectivity index (χ3n) is 7.16. The molecule has 3 aromatic rings. The second kappa shape index (κ2) is 16.1. The molecule has 0 aliphatic carbocycles. The second-order valence-corrected chi connectivity index (χ2v) is 11.9. The summed E-state index contributed by atoms with van der Waals surface area (Å²) in [5, 5.41) is 2.19. The molecular weight excluding hydrogens is 577 g/mol. The molecule has 1 atom stereocenters. The number of aromatic nitrogens is 1. The highest BCUT2D eigenvalue weighted by atomic mass is 35.5. The van der Waals surface area contributed by atoms with Gasteiger partial charge in [0.1, 0.15) is 5.75 Å². The van der Waals surface area contributed by atoms with E-state index < -0.39 is 6.16 Å². The topological polar surface area (TPSA) is 73.4 Å². The van der Waals surface area contributed by atoms with Gasteiger partial charge in [-0.25, -0.2) is 9.78 Å². The predicted octanol–water partition coefficient (Wildman–Crippen LogP) is 7.69. The molecule has 1 aliphatic rings. The van der Waals surface area contributed by atoms with Crippen molar-refractivity contribution < 1.29 is 23.7 Å². The highest BCUT2D eigenvalue weighted by Gasteiger charge is 2.19. The van der Waals surface area contributed by atoms with Gasteiger partial charge in [-0.1, -0.05) is 50.0 Å². The number of benzene rings is 2.